The zero-order valence-electron chi connectivity index (χ0n) is 11.7. The summed E-state index contributed by atoms with van der Waals surface area (Å²) in [6.07, 6.45) is 4.44. The van der Waals surface area contributed by atoms with Crippen LogP contribution in [0.5, 0.6) is 0 Å². The van der Waals surface area contributed by atoms with Gasteiger partial charge < -0.3 is 19.5 Å². The van der Waals surface area contributed by atoms with Gasteiger partial charge >= 0.3 is 0 Å². The highest BCUT2D eigenvalue weighted by Crippen LogP contribution is 2.51. The van der Waals surface area contributed by atoms with Crippen molar-refractivity contribution in [1.82, 2.24) is 4.90 Å². The van der Waals surface area contributed by atoms with E-state index in [-0.39, 0.29) is 24.2 Å². The second-order valence-corrected chi connectivity index (χ2v) is 6.85. The molecule has 2 saturated heterocycles. The predicted molar refractivity (Wildman–Crippen MR) is 70.7 cm³/mol. The van der Waals surface area contributed by atoms with E-state index in [9.17, 15) is 9.90 Å². The Hall–Kier alpha value is -0.650. The molecule has 2 aliphatic carbocycles. The van der Waals surface area contributed by atoms with Gasteiger partial charge in [0.05, 0.1) is 19.3 Å². The summed E-state index contributed by atoms with van der Waals surface area (Å²) in [5.74, 6) is 2.47. The minimum atomic E-state index is -0.283. The summed E-state index contributed by atoms with van der Waals surface area (Å²) >= 11 is 0. The van der Waals surface area contributed by atoms with Crippen molar-refractivity contribution in [1.29, 1.82) is 0 Å². The molecule has 0 radical (unpaired) electrons. The maximum atomic E-state index is 12.1. The number of aliphatic hydroxyl groups is 1. The summed E-state index contributed by atoms with van der Waals surface area (Å²) in [6.45, 7) is 2.58. The normalized spacial score (nSPS) is 40.8. The summed E-state index contributed by atoms with van der Waals surface area (Å²) in [5.41, 5.74) is 0. The van der Waals surface area contributed by atoms with Crippen LogP contribution in [-0.2, 0) is 14.3 Å². The average Bonchev–Trinajstić information content (AvgIpc) is 3.30. The van der Waals surface area contributed by atoms with Crippen molar-refractivity contribution in [3.63, 3.8) is 0 Å². The molecule has 0 aromatic rings. The molecule has 0 unspecified atom stereocenters. The quantitative estimate of drug-likeness (QED) is 0.802. The standard InChI is InChI=1S/C15H23NO4/c17-11-7-16(8-11)14(18)12-5-9(12)1-2-10-6-13(10)15-19-3-4-20-15/h9-13,15,17H,1-8H2/t9-,10-,12-,13-/m1/s1. The Labute approximate surface area is 119 Å². The highest BCUT2D eigenvalue weighted by Gasteiger charge is 2.49. The molecule has 5 heteroatoms. The molecule has 4 atom stereocenters. The van der Waals surface area contributed by atoms with E-state index in [4.69, 9.17) is 9.47 Å². The van der Waals surface area contributed by atoms with Crippen molar-refractivity contribution in [3.8, 4) is 0 Å². The van der Waals surface area contributed by atoms with Crippen molar-refractivity contribution in [2.24, 2.45) is 23.7 Å². The van der Waals surface area contributed by atoms with E-state index >= 15 is 0 Å². The van der Waals surface area contributed by atoms with Gasteiger partial charge in [-0.2, -0.15) is 0 Å². The van der Waals surface area contributed by atoms with Crippen LogP contribution in [0.2, 0.25) is 0 Å². The molecule has 2 heterocycles. The second-order valence-electron chi connectivity index (χ2n) is 6.85. The fourth-order valence-corrected chi connectivity index (χ4v) is 3.73. The van der Waals surface area contributed by atoms with Crippen LogP contribution in [0.4, 0.5) is 0 Å². The smallest absolute Gasteiger partial charge is 0.226 e. The summed E-state index contributed by atoms with van der Waals surface area (Å²) in [5, 5.41) is 9.24. The molecule has 0 spiro atoms. The highest BCUT2D eigenvalue weighted by molar-refractivity contribution is 5.82. The topological polar surface area (TPSA) is 59.0 Å². The predicted octanol–water partition coefficient (Wildman–Crippen LogP) is 0.615. The number of aliphatic hydroxyl groups excluding tert-OH is 1. The first-order chi connectivity index (χ1) is 9.72. The number of amides is 1. The Balaban J connectivity index is 1.15. The third kappa shape index (κ3) is 2.47. The summed E-state index contributed by atoms with van der Waals surface area (Å²) in [7, 11) is 0. The van der Waals surface area contributed by atoms with Gasteiger partial charge in [0, 0.05) is 24.9 Å². The molecule has 1 amide bonds. The fourth-order valence-electron chi connectivity index (χ4n) is 3.73. The summed E-state index contributed by atoms with van der Waals surface area (Å²) in [4.78, 5) is 13.9. The molecule has 1 N–H and O–H groups in total. The summed E-state index contributed by atoms with van der Waals surface area (Å²) < 4.78 is 11.1. The number of hydrogen-bond acceptors (Lipinski definition) is 4. The van der Waals surface area contributed by atoms with Crippen LogP contribution in [0.3, 0.4) is 0 Å². The van der Waals surface area contributed by atoms with E-state index in [1.165, 1.54) is 19.3 Å². The first-order valence-electron chi connectivity index (χ1n) is 7.92. The van der Waals surface area contributed by atoms with Gasteiger partial charge in [0.2, 0.25) is 5.91 Å². The third-order valence-electron chi connectivity index (χ3n) is 5.30. The van der Waals surface area contributed by atoms with Gasteiger partial charge in [-0.3, -0.25) is 4.79 Å². The van der Waals surface area contributed by atoms with Crippen molar-refractivity contribution < 1.29 is 19.4 Å². The molecule has 5 nitrogen and oxygen atoms in total. The van der Waals surface area contributed by atoms with Crippen LogP contribution >= 0.6 is 0 Å². The largest absolute Gasteiger partial charge is 0.389 e. The zero-order chi connectivity index (χ0) is 13.7. The van der Waals surface area contributed by atoms with Crippen LogP contribution in [0.15, 0.2) is 0 Å². The third-order valence-corrected chi connectivity index (χ3v) is 5.30. The van der Waals surface area contributed by atoms with E-state index in [0.717, 1.165) is 25.6 Å². The monoisotopic (exact) mass is 281 g/mol. The lowest BCUT2D eigenvalue weighted by molar-refractivity contribution is -0.143. The van der Waals surface area contributed by atoms with Gasteiger partial charge in [0.1, 0.15) is 0 Å². The van der Waals surface area contributed by atoms with Crippen LogP contribution in [0.1, 0.15) is 25.7 Å². The SMILES string of the molecule is O=C([C@@H]1C[C@H]1CC[C@@H]1C[C@H]1C1OCCO1)N1CC(O)C1. The molecular weight excluding hydrogens is 258 g/mol. The Bertz CT molecular complexity index is 389. The van der Waals surface area contributed by atoms with Crippen LogP contribution < -0.4 is 0 Å². The minimum absolute atomic E-state index is 0.0548. The van der Waals surface area contributed by atoms with Crippen molar-refractivity contribution in [2.45, 2.75) is 38.1 Å². The van der Waals surface area contributed by atoms with Crippen molar-refractivity contribution in [3.05, 3.63) is 0 Å². The molecule has 4 fully saturated rings. The lowest BCUT2D eigenvalue weighted by Crippen LogP contribution is -2.54. The van der Waals surface area contributed by atoms with Gasteiger partial charge in [-0.1, -0.05) is 0 Å². The molecule has 0 bridgehead atoms. The van der Waals surface area contributed by atoms with Crippen LogP contribution in [0.25, 0.3) is 0 Å². The fraction of sp³-hybridized carbons (Fsp3) is 0.933. The van der Waals surface area contributed by atoms with Crippen molar-refractivity contribution >= 4 is 5.91 Å². The van der Waals surface area contributed by atoms with Gasteiger partial charge in [-0.25, -0.2) is 0 Å². The Kier molecular flexibility index (Phi) is 3.24. The Morgan fingerprint density at radius 1 is 1.10 bits per heavy atom. The van der Waals surface area contributed by atoms with Gasteiger partial charge in [0.15, 0.2) is 6.29 Å². The number of likely N-dealkylation sites (tertiary alicyclic amines) is 1. The average molecular weight is 281 g/mol. The number of carbonyl (C=O) groups is 1. The molecule has 2 aliphatic heterocycles. The molecule has 0 aromatic carbocycles. The molecular formula is C15H23NO4. The summed E-state index contributed by atoms with van der Waals surface area (Å²) in [6, 6.07) is 0. The minimum Gasteiger partial charge on any atom is -0.389 e. The molecule has 4 aliphatic rings. The van der Waals surface area contributed by atoms with Gasteiger partial charge in [0.25, 0.3) is 0 Å². The maximum Gasteiger partial charge on any atom is 0.226 e. The van der Waals surface area contributed by atoms with E-state index in [1.807, 2.05) is 0 Å². The van der Waals surface area contributed by atoms with E-state index in [0.29, 0.717) is 24.9 Å². The van der Waals surface area contributed by atoms with Crippen LogP contribution in [0, 0.1) is 23.7 Å². The lowest BCUT2D eigenvalue weighted by atomic mass is 10.1. The van der Waals surface area contributed by atoms with E-state index in [2.05, 4.69) is 0 Å². The zero-order valence-corrected chi connectivity index (χ0v) is 11.7. The second kappa shape index (κ2) is 4.97. The number of hydrogen-bond donors (Lipinski definition) is 1. The highest BCUT2D eigenvalue weighted by atomic mass is 16.7. The van der Waals surface area contributed by atoms with Gasteiger partial charge in [-0.05, 0) is 37.5 Å². The van der Waals surface area contributed by atoms with E-state index < -0.39 is 0 Å². The number of ether oxygens (including phenoxy) is 2. The lowest BCUT2D eigenvalue weighted by Gasteiger charge is -2.36. The first-order valence-corrected chi connectivity index (χ1v) is 7.92. The maximum absolute atomic E-state index is 12.1. The Morgan fingerprint density at radius 3 is 2.50 bits per heavy atom. The van der Waals surface area contributed by atoms with Crippen molar-refractivity contribution in [2.75, 3.05) is 26.3 Å². The molecule has 112 valence electrons. The number of nitrogens with zero attached hydrogens (tertiary/aromatic N) is 1. The van der Waals surface area contributed by atoms with E-state index in [1.54, 1.807) is 4.90 Å². The number of rotatable bonds is 5. The Morgan fingerprint density at radius 2 is 1.80 bits per heavy atom. The number of carbonyl (C=O) groups excluding carboxylic acids is 1. The first kappa shape index (κ1) is 13.0. The molecule has 4 rings (SSSR count). The molecule has 20 heavy (non-hydrogen) atoms. The number of β-amino-alcohol motifs (C(OH)–C–C–N with tert-alkyl or cyclic N) is 1. The molecule has 2 saturated carbocycles. The van der Waals surface area contributed by atoms with Crippen LogP contribution in [-0.4, -0.2) is 54.6 Å². The molecule has 0 aromatic heterocycles. The van der Waals surface area contributed by atoms with Gasteiger partial charge in [-0.15, -0.1) is 0 Å².